The highest BCUT2D eigenvalue weighted by molar-refractivity contribution is 9.09. The van der Waals surface area contributed by atoms with Gasteiger partial charge in [-0.25, -0.2) is 0 Å². The quantitative estimate of drug-likeness (QED) is 0.744. The third kappa shape index (κ3) is 3.51. The summed E-state index contributed by atoms with van der Waals surface area (Å²) in [6, 6.07) is 4.34. The molecule has 0 N–H and O–H groups in total. The highest BCUT2D eigenvalue weighted by Gasteiger charge is 2.18. The van der Waals surface area contributed by atoms with Crippen LogP contribution in [0.3, 0.4) is 0 Å². The Labute approximate surface area is 107 Å². The summed E-state index contributed by atoms with van der Waals surface area (Å²) < 4.78 is 5.95. The van der Waals surface area contributed by atoms with Gasteiger partial charge in [0.25, 0.3) is 0 Å². The molecule has 1 rings (SSSR count). The van der Waals surface area contributed by atoms with Gasteiger partial charge < -0.3 is 4.74 Å². The molecule has 2 heteroatoms. The second kappa shape index (κ2) is 5.22. The number of ether oxygens (including phenoxy) is 1. The van der Waals surface area contributed by atoms with Gasteiger partial charge in [0, 0.05) is 10.7 Å². The van der Waals surface area contributed by atoms with E-state index in [1.807, 2.05) is 0 Å². The number of alkyl halides is 1. The Morgan fingerprint density at radius 2 is 1.62 bits per heavy atom. The standard InChI is InChI=1S/C14H21BrO/c1-10-6-11(2)13(12(3)7-10)16-9-14(4,5)8-15/h6-7H,8-9H2,1-5H3. The second-order valence-corrected chi connectivity index (χ2v) is 5.88. The van der Waals surface area contributed by atoms with Gasteiger partial charge in [-0.05, 0) is 31.9 Å². The molecule has 0 saturated carbocycles. The van der Waals surface area contributed by atoms with Crippen molar-refractivity contribution in [3.05, 3.63) is 28.8 Å². The van der Waals surface area contributed by atoms with Crippen molar-refractivity contribution in [1.82, 2.24) is 0 Å². The average molecular weight is 285 g/mol. The van der Waals surface area contributed by atoms with Crippen LogP contribution in [0.1, 0.15) is 30.5 Å². The maximum atomic E-state index is 5.95. The van der Waals surface area contributed by atoms with E-state index in [0.29, 0.717) is 0 Å². The van der Waals surface area contributed by atoms with Crippen molar-refractivity contribution in [1.29, 1.82) is 0 Å². The summed E-state index contributed by atoms with van der Waals surface area (Å²) in [6.45, 7) is 11.5. The highest BCUT2D eigenvalue weighted by Crippen LogP contribution is 2.27. The summed E-state index contributed by atoms with van der Waals surface area (Å²) in [5, 5.41) is 0.948. The lowest BCUT2D eigenvalue weighted by molar-refractivity contribution is 0.201. The Bertz CT molecular complexity index is 346. The van der Waals surface area contributed by atoms with Crippen molar-refractivity contribution in [3.63, 3.8) is 0 Å². The van der Waals surface area contributed by atoms with Crippen molar-refractivity contribution >= 4 is 15.9 Å². The van der Waals surface area contributed by atoms with Gasteiger partial charge in [-0.1, -0.05) is 47.5 Å². The maximum Gasteiger partial charge on any atom is 0.125 e. The Kier molecular flexibility index (Phi) is 4.43. The molecule has 0 unspecified atom stereocenters. The molecule has 0 spiro atoms. The van der Waals surface area contributed by atoms with Crippen molar-refractivity contribution in [2.45, 2.75) is 34.6 Å². The minimum absolute atomic E-state index is 0.170. The summed E-state index contributed by atoms with van der Waals surface area (Å²) in [5.74, 6) is 1.04. The minimum Gasteiger partial charge on any atom is -0.492 e. The fourth-order valence-electron chi connectivity index (χ4n) is 1.70. The lowest BCUT2D eigenvalue weighted by Gasteiger charge is -2.23. The molecule has 1 aromatic carbocycles. The zero-order valence-electron chi connectivity index (χ0n) is 10.9. The van der Waals surface area contributed by atoms with Gasteiger partial charge in [-0.15, -0.1) is 0 Å². The van der Waals surface area contributed by atoms with Crippen LogP contribution in [0.5, 0.6) is 5.75 Å². The first kappa shape index (κ1) is 13.6. The molecule has 0 aliphatic rings. The van der Waals surface area contributed by atoms with Crippen LogP contribution in [0.2, 0.25) is 0 Å². The molecule has 90 valence electrons. The molecular weight excluding hydrogens is 264 g/mol. The Morgan fingerprint density at radius 3 is 2.06 bits per heavy atom. The molecule has 0 saturated heterocycles. The molecule has 1 aromatic rings. The second-order valence-electron chi connectivity index (χ2n) is 5.31. The van der Waals surface area contributed by atoms with Crippen LogP contribution in [0.15, 0.2) is 12.1 Å². The first-order valence-corrected chi connectivity index (χ1v) is 6.74. The Balaban J connectivity index is 2.82. The number of hydrogen-bond acceptors (Lipinski definition) is 1. The zero-order valence-corrected chi connectivity index (χ0v) is 12.4. The van der Waals surface area contributed by atoms with Crippen LogP contribution >= 0.6 is 15.9 Å². The lowest BCUT2D eigenvalue weighted by atomic mass is 9.98. The van der Waals surface area contributed by atoms with E-state index in [-0.39, 0.29) is 5.41 Å². The van der Waals surface area contributed by atoms with Crippen molar-refractivity contribution in [2.75, 3.05) is 11.9 Å². The molecule has 0 aliphatic heterocycles. The third-order valence-electron chi connectivity index (χ3n) is 2.57. The van der Waals surface area contributed by atoms with Gasteiger partial charge in [0.2, 0.25) is 0 Å². The summed E-state index contributed by atoms with van der Waals surface area (Å²) in [6.07, 6.45) is 0. The van der Waals surface area contributed by atoms with Crippen molar-refractivity contribution in [2.24, 2.45) is 5.41 Å². The Morgan fingerprint density at radius 1 is 1.12 bits per heavy atom. The van der Waals surface area contributed by atoms with E-state index >= 15 is 0 Å². The van der Waals surface area contributed by atoms with Gasteiger partial charge in [0.1, 0.15) is 5.75 Å². The normalized spacial score (nSPS) is 11.6. The van der Waals surface area contributed by atoms with Gasteiger partial charge >= 0.3 is 0 Å². The molecule has 0 bridgehead atoms. The van der Waals surface area contributed by atoms with E-state index in [9.17, 15) is 0 Å². The van der Waals surface area contributed by atoms with Crippen LogP contribution in [-0.2, 0) is 0 Å². The predicted octanol–water partition coefficient (Wildman–Crippen LogP) is 4.41. The van der Waals surface area contributed by atoms with E-state index in [4.69, 9.17) is 4.74 Å². The smallest absolute Gasteiger partial charge is 0.125 e. The van der Waals surface area contributed by atoms with E-state index in [0.717, 1.165) is 17.7 Å². The fraction of sp³-hybridized carbons (Fsp3) is 0.571. The maximum absolute atomic E-state index is 5.95. The molecule has 1 nitrogen and oxygen atoms in total. The van der Waals surface area contributed by atoms with E-state index in [1.54, 1.807) is 0 Å². The van der Waals surface area contributed by atoms with Gasteiger partial charge in [-0.3, -0.25) is 0 Å². The van der Waals surface area contributed by atoms with E-state index in [2.05, 4.69) is 62.7 Å². The van der Waals surface area contributed by atoms with Gasteiger partial charge in [0.05, 0.1) is 6.61 Å². The largest absolute Gasteiger partial charge is 0.492 e. The molecule has 0 radical (unpaired) electrons. The number of halogens is 1. The van der Waals surface area contributed by atoms with Crippen LogP contribution in [-0.4, -0.2) is 11.9 Å². The fourth-order valence-corrected chi connectivity index (χ4v) is 1.86. The number of benzene rings is 1. The number of hydrogen-bond donors (Lipinski definition) is 0. The summed E-state index contributed by atoms with van der Waals surface area (Å²) in [5.41, 5.74) is 3.91. The first-order valence-electron chi connectivity index (χ1n) is 5.62. The topological polar surface area (TPSA) is 9.23 Å². The van der Waals surface area contributed by atoms with Crippen molar-refractivity contribution < 1.29 is 4.74 Å². The van der Waals surface area contributed by atoms with Gasteiger partial charge in [-0.2, -0.15) is 0 Å². The minimum atomic E-state index is 0.170. The first-order chi connectivity index (χ1) is 7.35. The predicted molar refractivity (Wildman–Crippen MR) is 73.7 cm³/mol. The Hall–Kier alpha value is -0.500. The molecule has 0 fully saturated rings. The van der Waals surface area contributed by atoms with E-state index < -0.39 is 0 Å². The van der Waals surface area contributed by atoms with Crippen LogP contribution in [0, 0.1) is 26.2 Å². The number of rotatable bonds is 4. The monoisotopic (exact) mass is 284 g/mol. The summed E-state index contributed by atoms with van der Waals surface area (Å²) in [7, 11) is 0. The third-order valence-corrected chi connectivity index (χ3v) is 4.09. The average Bonchev–Trinajstić information content (AvgIpc) is 2.16. The molecule has 0 aliphatic carbocycles. The lowest BCUT2D eigenvalue weighted by Crippen LogP contribution is -2.23. The number of aryl methyl sites for hydroxylation is 3. The van der Waals surface area contributed by atoms with E-state index in [1.165, 1.54) is 16.7 Å². The molecule has 0 aromatic heterocycles. The highest BCUT2D eigenvalue weighted by atomic mass is 79.9. The van der Waals surface area contributed by atoms with Crippen LogP contribution in [0.4, 0.5) is 0 Å². The SMILES string of the molecule is Cc1cc(C)c(OCC(C)(C)CBr)c(C)c1. The van der Waals surface area contributed by atoms with Crippen molar-refractivity contribution in [3.8, 4) is 5.75 Å². The van der Waals surface area contributed by atoms with Crippen LogP contribution in [0.25, 0.3) is 0 Å². The molecule has 16 heavy (non-hydrogen) atoms. The molecule has 0 amide bonds. The zero-order chi connectivity index (χ0) is 12.3. The summed E-state index contributed by atoms with van der Waals surface area (Å²) in [4.78, 5) is 0. The van der Waals surface area contributed by atoms with Gasteiger partial charge in [0.15, 0.2) is 0 Å². The molecular formula is C14H21BrO. The summed E-state index contributed by atoms with van der Waals surface area (Å²) >= 11 is 3.51. The molecule has 0 heterocycles. The van der Waals surface area contributed by atoms with Crippen LogP contribution < -0.4 is 4.74 Å². The molecule has 0 atom stereocenters.